The van der Waals surface area contributed by atoms with Gasteiger partial charge in [0.15, 0.2) is 0 Å². The Morgan fingerprint density at radius 2 is 1.96 bits per heavy atom. The van der Waals surface area contributed by atoms with Crippen LogP contribution in [-0.4, -0.2) is 23.2 Å². The van der Waals surface area contributed by atoms with Gasteiger partial charge in [-0.2, -0.15) is 0 Å². The second-order valence-corrected chi connectivity index (χ2v) is 4.97. The predicted molar refractivity (Wildman–Crippen MR) is 86.0 cm³/mol. The van der Waals surface area contributed by atoms with Gasteiger partial charge in [-0.15, -0.1) is 0 Å². The first-order valence-electron chi connectivity index (χ1n) is 7.06. The third-order valence-corrected chi connectivity index (χ3v) is 3.50. The van der Waals surface area contributed by atoms with Crippen molar-refractivity contribution in [1.29, 1.82) is 0 Å². The average Bonchev–Trinajstić information content (AvgIpc) is 2.59. The summed E-state index contributed by atoms with van der Waals surface area (Å²) < 4.78 is 10.8. The maximum Gasteiger partial charge on any atom is 0.339 e. The van der Waals surface area contributed by atoms with Crippen LogP contribution in [0.3, 0.4) is 0 Å². The van der Waals surface area contributed by atoms with Crippen molar-refractivity contribution in [2.45, 2.75) is 6.61 Å². The number of methoxy groups -OCH3 is 1. The van der Waals surface area contributed by atoms with Crippen LogP contribution in [0.5, 0.6) is 11.6 Å². The minimum atomic E-state index is -1.02. The Hall–Kier alpha value is -3.08. The van der Waals surface area contributed by atoms with E-state index in [1.54, 1.807) is 31.5 Å². The molecule has 1 N–H and O–H groups in total. The van der Waals surface area contributed by atoms with Crippen molar-refractivity contribution in [2.24, 2.45) is 0 Å². The normalized spacial score (nSPS) is 10.5. The van der Waals surface area contributed by atoms with E-state index in [1.165, 1.54) is 0 Å². The van der Waals surface area contributed by atoms with Crippen LogP contribution in [-0.2, 0) is 6.61 Å². The molecule has 1 aromatic heterocycles. The van der Waals surface area contributed by atoms with Crippen LogP contribution in [0.1, 0.15) is 15.9 Å². The van der Waals surface area contributed by atoms with E-state index in [1.807, 2.05) is 30.3 Å². The Morgan fingerprint density at radius 1 is 1.13 bits per heavy atom. The second-order valence-electron chi connectivity index (χ2n) is 4.97. The minimum Gasteiger partial charge on any atom is -0.487 e. The first-order chi connectivity index (χ1) is 11.2. The summed E-state index contributed by atoms with van der Waals surface area (Å²) in [7, 11) is 1.55. The molecule has 3 aromatic rings. The van der Waals surface area contributed by atoms with Crippen LogP contribution in [0.15, 0.2) is 54.7 Å². The molecule has 116 valence electrons. The topological polar surface area (TPSA) is 68.7 Å². The summed E-state index contributed by atoms with van der Waals surface area (Å²) >= 11 is 0. The number of hydrogen-bond acceptors (Lipinski definition) is 4. The summed E-state index contributed by atoms with van der Waals surface area (Å²) in [6.45, 7) is 0.227. The number of carboxylic acid groups (broad SMARTS) is 1. The number of benzene rings is 2. The zero-order chi connectivity index (χ0) is 16.2. The molecule has 0 fully saturated rings. The molecule has 0 saturated carbocycles. The summed E-state index contributed by atoms with van der Waals surface area (Å²) in [6.07, 6.45) is 1.64. The van der Waals surface area contributed by atoms with E-state index in [2.05, 4.69) is 4.98 Å². The van der Waals surface area contributed by atoms with E-state index in [0.29, 0.717) is 11.6 Å². The lowest BCUT2D eigenvalue weighted by molar-refractivity contribution is 0.0692. The van der Waals surface area contributed by atoms with E-state index in [-0.39, 0.29) is 12.2 Å². The molecular weight excluding hydrogens is 294 g/mol. The molecule has 0 aliphatic heterocycles. The highest BCUT2D eigenvalue weighted by molar-refractivity contribution is 6.00. The van der Waals surface area contributed by atoms with E-state index < -0.39 is 5.97 Å². The third kappa shape index (κ3) is 3.08. The summed E-state index contributed by atoms with van der Waals surface area (Å²) in [4.78, 5) is 15.6. The van der Waals surface area contributed by atoms with Crippen LogP contribution < -0.4 is 9.47 Å². The molecule has 5 nitrogen and oxygen atoms in total. The molecule has 0 amide bonds. The van der Waals surface area contributed by atoms with Crippen molar-refractivity contribution < 1.29 is 19.4 Å². The monoisotopic (exact) mass is 309 g/mol. The van der Waals surface area contributed by atoms with Crippen molar-refractivity contribution in [1.82, 2.24) is 4.98 Å². The SMILES string of the molecule is COc1ccc(COc2c(C(=O)O)ccc3ccccc23)cn1. The van der Waals surface area contributed by atoms with Crippen LogP contribution >= 0.6 is 0 Å². The molecule has 0 aliphatic rings. The Balaban J connectivity index is 1.94. The number of pyridine rings is 1. The molecule has 23 heavy (non-hydrogen) atoms. The summed E-state index contributed by atoms with van der Waals surface area (Å²) in [6, 6.07) is 14.4. The van der Waals surface area contributed by atoms with Crippen LogP contribution in [0.25, 0.3) is 10.8 Å². The fourth-order valence-corrected chi connectivity index (χ4v) is 2.34. The Morgan fingerprint density at radius 3 is 2.65 bits per heavy atom. The molecule has 5 heteroatoms. The van der Waals surface area contributed by atoms with Gasteiger partial charge in [0.05, 0.1) is 7.11 Å². The van der Waals surface area contributed by atoms with Crippen molar-refractivity contribution in [3.63, 3.8) is 0 Å². The number of hydrogen-bond donors (Lipinski definition) is 1. The molecule has 1 heterocycles. The van der Waals surface area contributed by atoms with E-state index in [9.17, 15) is 9.90 Å². The fourth-order valence-electron chi connectivity index (χ4n) is 2.34. The standard InChI is InChI=1S/C18H15NO4/c1-22-16-9-6-12(10-19-16)11-23-17-14-5-3-2-4-13(14)7-8-15(17)18(20)21/h2-10H,11H2,1H3,(H,20,21). The van der Waals surface area contributed by atoms with Gasteiger partial charge < -0.3 is 14.6 Å². The van der Waals surface area contributed by atoms with E-state index >= 15 is 0 Å². The number of fused-ring (bicyclic) bond motifs is 1. The minimum absolute atomic E-state index is 0.144. The number of ether oxygens (including phenoxy) is 2. The number of nitrogens with zero attached hydrogens (tertiary/aromatic N) is 1. The third-order valence-electron chi connectivity index (χ3n) is 3.50. The molecule has 0 bridgehead atoms. The van der Waals surface area contributed by atoms with Crippen LogP contribution in [0.2, 0.25) is 0 Å². The van der Waals surface area contributed by atoms with E-state index in [0.717, 1.165) is 16.3 Å². The number of rotatable bonds is 5. The van der Waals surface area contributed by atoms with Gasteiger partial charge in [0, 0.05) is 23.2 Å². The maximum atomic E-state index is 11.5. The number of aromatic nitrogens is 1. The van der Waals surface area contributed by atoms with Crippen molar-refractivity contribution in [3.8, 4) is 11.6 Å². The molecule has 2 aromatic carbocycles. The van der Waals surface area contributed by atoms with Gasteiger partial charge in [-0.05, 0) is 17.5 Å². The zero-order valence-electron chi connectivity index (χ0n) is 12.5. The number of aromatic carboxylic acids is 1. The van der Waals surface area contributed by atoms with Gasteiger partial charge in [0.1, 0.15) is 17.9 Å². The van der Waals surface area contributed by atoms with Gasteiger partial charge in [-0.25, -0.2) is 9.78 Å². The molecule has 0 radical (unpaired) electrons. The lowest BCUT2D eigenvalue weighted by Crippen LogP contribution is -2.04. The Labute approximate surface area is 133 Å². The second kappa shape index (κ2) is 6.36. The first kappa shape index (κ1) is 14.8. The van der Waals surface area contributed by atoms with Crippen LogP contribution in [0.4, 0.5) is 0 Å². The van der Waals surface area contributed by atoms with Gasteiger partial charge in [-0.3, -0.25) is 0 Å². The highest BCUT2D eigenvalue weighted by atomic mass is 16.5. The molecule has 0 atom stereocenters. The van der Waals surface area contributed by atoms with Crippen LogP contribution in [0, 0.1) is 0 Å². The number of carbonyl (C=O) groups is 1. The highest BCUT2D eigenvalue weighted by Gasteiger charge is 2.15. The molecule has 0 unspecified atom stereocenters. The molecule has 0 aliphatic carbocycles. The highest BCUT2D eigenvalue weighted by Crippen LogP contribution is 2.30. The number of carboxylic acids is 1. The van der Waals surface area contributed by atoms with Gasteiger partial charge >= 0.3 is 5.97 Å². The van der Waals surface area contributed by atoms with Crippen molar-refractivity contribution in [2.75, 3.05) is 7.11 Å². The summed E-state index contributed by atoms with van der Waals surface area (Å²) in [5.41, 5.74) is 0.972. The van der Waals surface area contributed by atoms with Gasteiger partial charge in [0.25, 0.3) is 0 Å². The maximum absolute atomic E-state index is 11.5. The smallest absolute Gasteiger partial charge is 0.339 e. The van der Waals surface area contributed by atoms with Gasteiger partial charge in [0.2, 0.25) is 5.88 Å². The summed E-state index contributed by atoms with van der Waals surface area (Å²) in [5.74, 6) is -0.129. The lowest BCUT2D eigenvalue weighted by Gasteiger charge is -2.12. The largest absolute Gasteiger partial charge is 0.487 e. The predicted octanol–water partition coefficient (Wildman–Crippen LogP) is 3.52. The molecule has 0 saturated heterocycles. The summed E-state index contributed by atoms with van der Waals surface area (Å²) in [5, 5.41) is 11.1. The van der Waals surface area contributed by atoms with E-state index in [4.69, 9.17) is 9.47 Å². The van der Waals surface area contributed by atoms with Crippen molar-refractivity contribution >= 4 is 16.7 Å². The Bertz CT molecular complexity index is 843. The quantitative estimate of drug-likeness (QED) is 0.781. The molecule has 0 spiro atoms. The first-order valence-corrected chi connectivity index (χ1v) is 7.06. The zero-order valence-corrected chi connectivity index (χ0v) is 12.5. The lowest BCUT2D eigenvalue weighted by atomic mass is 10.1. The fraction of sp³-hybridized carbons (Fsp3) is 0.111. The molecular formula is C18H15NO4. The van der Waals surface area contributed by atoms with Crippen molar-refractivity contribution in [3.05, 3.63) is 65.9 Å². The van der Waals surface area contributed by atoms with Gasteiger partial charge in [-0.1, -0.05) is 30.3 Å². The molecule has 3 rings (SSSR count). The Kier molecular flexibility index (Phi) is 4.10. The average molecular weight is 309 g/mol.